The molecular formula is C13H20N2O2S. The summed E-state index contributed by atoms with van der Waals surface area (Å²) in [6, 6.07) is 9.71. The van der Waals surface area contributed by atoms with Crippen LogP contribution in [0.2, 0.25) is 0 Å². The van der Waals surface area contributed by atoms with Crippen LogP contribution in [0.4, 0.5) is 0 Å². The third-order valence-electron chi connectivity index (χ3n) is 3.30. The molecule has 0 amide bonds. The Bertz CT molecular complexity index is 503. The fourth-order valence-corrected chi connectivity index (χ4v) is 4.27. The second kappa shape index (κ2) is 4.64. The average molecular weight is 268 g/mol. The lowest BCUT2D eigenvalue weighted by Gasteiger charge is -2.44. The van der Waals surface area contributed by atoms with E-state index in [4.69, 9.17) is 5.73 Å². The lowest BCUT2D eigenvalue weighted by Crippen LogP contribution is -2.67. The summed E-state index contributed by atoms with van der Waals surface area (Å²) in [5.41, 5.74) is 6.54. The molecule has 0 spiro atoms. The minimum atomic E-state index is -3.19. The van der Waals surface area contributed by atoms with Crippen LogP contribution in [0.1, 0.15) is 25.3 Å². The normalized spacial score (nSPS) is 21.3. The standard InChI is InChI=1S/C13H20N2O2S/c1-11(12-6-4-3-5-7-12)8-18(16,17)15-9-13(2,14)10-15/h3-7,11H,8-10,14H2,1-2H3. The minimum absolute atomic E-state index is 0.000769. The van der Waals surface area contributed by atoms with E-state index in [2.05, 4.69) is 0 Å². The highest BCUT2D eigenvalue weighted by atomic mass is 32.2. The van der Waals surface area contributed by atoms with Gasteiger partial charge in [0, 0.05) is 18.6 Å². The van der Waals surface area contributed by atoms with Crippen molar-refractivity contribution in [3.63, 3.8) is 0 Å². The Morgan fingerprint density at radius 3 is 2.39 bits per heavy atom. The second-order valence-electron chi connectivity index (χ2n) is 5.51. The van der Waals surface area contributed by atoms with Gasteiger partial charge >= 0.3 is 0 Å². The summed E-state index contributed by atoms with van der Waals surface area (Å²) >= 11 is 0. The zero-order valence-corrected chi connectivity index (χ0v) is 11.7. The van der Waals surface area contributed by atoms with Gasteiger partial charge in [0.2, 0.25) is 10.0 Å². The zero-order valence-electron chi connectivity index (χ0n) is 10.8. The van der Waals surface area contributed by atoms with Crippen molar-refractivity contribution < 1.29 is 8.42 Å². The maximum atomic E-state index is 12.2. The van der Waals surface area contributed by atoms with Gasteiger partial charge in [0.1, 0.15) is 0 Å². The van der Waals surface area contributed by atoms with Gasteiger partial charge in [-0.1, -0.05) is 37.3 Å². The first kappa shape index (κ1) is 13.5. The van der Waals surface area contributed by atoms with Crippen LogP contribution < -0.4 is 5.73 Å². The molecule has 0 radical (unpaired) electrons. The Kier molecular flexibility index (Phi) is 3.49. The summed E-state index contributed by atoms with van der Waals surface area (Å²) in [6.45, 7) is 4.67. The predicted octanol–water partition coefficient (Wildman–Crippen LogP) is 1.15. The van der Waals surface area contributed by atoms with Crippen LogP contribution in [-0.4, -0.2) is 37.1 Å². The predicted molar refractivity (Wildman–Crippen MR) is 72.8 cm³/mol. The summed E-state index contributed by atoms with van der Waals surface area (Å²) < 4.78 is 25.8. The lowest BCUT2D eigenvalue weighted by molar-refractivity contribution is 0.176. The summed E-state index contributed by atoms with van der Waals surface area (Å²) in [7, 11) is -3.19. The topological polar surface area (TPSA) is 63.4 Å². The molecule has 0 saturated carbocycles. The summed E-state index contributed by atoms with van der Waals surface area (Å²) in [4.78, 5) is 0. The number of benzene rings is 1. The first-order valence-corrected chi connectivity index (χ1v) is 7.73. The number of nitrogens with two attached hydrogens (primary N) is 1. The van der Waals surface area contributed by atoms with E-state index in [9.17, 15) is 8.42 Å². The van der Waals surface area contributed by atoms with Crippen molar-refractivity contribution in [1.29, 1.82) is 0 Å². The fourth-order valence-electron chi connectivity index (χ4n) is 2.26. The van der Waals surface area contributed by atoms with Crippen molar-refractivity contribution in [3.05, 3.63) is 35.9 Å². The van der Waals surface area contributed by atoms with Gasteiger partial charge in [0.05, 0.1) is 5.75 Å². The number of rotatable bonds is 4. The molecule has 1 aliphatic heterocycles. The van der Waals surface area contributed by atoms with Crippen LogP contribution in [0, 0.1) is 0 Å². The molecule has 1 heterocycles. The zero-order chi connectivity index (χ0) is 13.4. The largest absolute Gasteiger partial charge is 0.323 e. The molecular weight excluding hydrogens is 248 g/mol. The first-order chi connectivity index (χ1) is 8.30. The minimum Gasteiger partial charge on any atom is -0.323 e. The molecule has 1 aromatic carbocycles. The van der Waals surface area contributed by atoms with Gasteiger partial charge in [-0.25, -0.2) is 8.42 Å². The number of hydrogen-bond donors (Lipinski definition) is 1. The monoisotopic (exact) mass is 268 g/mol. The van der Waals surface area contributed by atoms with Crippen LogP contribution >= 0.6 is 0 Å². The molecule has 1 aromatic rings. The Morgan fingerprint density at radius 1 is 1.33 bits per heavy atom. The van der Waals surface area contributed by atoms with E-state index >= 15 is 0 Å². The van der Waals surface area contributed by atoms with E-state index < -0.39 is 10.0 Å². The Labute approximate surface area is 109 Å². The third kappa shape index (κ3) is 2.91. The average Bonchev–Trinajstić information content (AvgIpc) is 2.26. The Morgan fingerprint density at radius 2 is 1.89 bits per heavy atom. The molecule has 1 unspecified atom stereocenters. The third-order valence-corrected chi connectivity index (χ3v) is 5.26. The van der Waals surface area contributed by atoms with Gasteiger partial charge in [-0.3, -0.25) is 0 Å². The van der Waals surface area contributed by atoms with Crippen LogP contribution in [0.3, 0.4) is 0 Å². The number of sulfonamides is 1. The molecule has 0 aromatic heterocycles. The van der Waals surface area contributed by atoms with Crippen molar-refractivity contribution in [1.82, 2.24) is 4.31 Å². The molecule has 1 aliphatic rings. The first-order valence-electron chi connectivity index (χ1n) is 6.12. The van der Waals surface area contributed by atoms with Gasteiger partial charge in [-0.05, 0) is 18.4 Å². The van der Waals surface area contributed by atoms with Crippen LogP contribution in [0.5, 0.6) is 0 Å². The van der Waals surface area contributed by atoms with Gasteiger partial charge in [0.25, 0.3) is 0 Å². The highest BCUT2D eigenvalue weighted by Crippen LogP contribution is 2.25. The maximum Gasteiger partial charge on any atom is 0.214 e. The SMILES string of the molecule is CC(CS(=O)(=O)N1CC(C)(N)C1)c1ccccc1. The number of nitrogens with zero attached hydrogens (tertiary/aromatic N) is 1. The van der Waals surface area contributed by atoms with Crippen molar-refractivity contribution in [2.24, 2.45) is 5.73 Å². The van der Waals surface area contributed by atoms with Crippen molar-refractivity contribution in [3.8, 4) is 0 Å². The van der Waals surface area contributed by atoms with Crippen molar-refractivity contribution >= 4 is 10.0 Å². The molecule has 100 valence electrons. The highest BCUT2D eigenvalue weighted by molar-refractivity contribution is 7.89. The van der Waals surface area contributed by atoms with Gasteiger partial charge in [0.15, 0.2) is 0 Å². The molecule has 1 fully saturated rings. The molecule has 1 saturated heterocycles. The molecule has 0 aliphatic carbocycles. The van der Waals surface area contributed by atoms with E-state index in [0.29, 0.717) is 13.1 Å². The summed E-state index contributed by atoms with van der Waals surface area (Å²) in [5.74, 6) is 0.147. The molecule has 2 N–H and O–H groups in total. The number of hydrogen-bond acceptors (Lipinski definition) is 3. The Balaban J connectivity index is 2.01. The molecule has 4 nitrogen and oxygen atoms in total. The summed E-state index contributed by atoms with van der Waals surface area (Å²) in [5, 5.41) is 0. The van der Waals surface area contributed by atoms with E-state index in [0.717, 1.165) is 5.56 Å². The van der Waals surface area contributed by atoms with E-state index in [1.165, 1.54) is 4.31 Å². The summed E-state index contributed by atoms with van der Waals surface area (Å²) in [6.07, 6.45) is 0. The van der Waals surface area contributed by atoms with E-state index in [-0.39, 0.29) is 17.2 Å². The lowest BCUT2D eigenvalue weighted by atomic mass is 9.97. The second-order valence-corrected chi connectivity index (χ2v) is 7.53. The molecule has 18 heavy (non-hydrogen) atoms. The molecule has 2 rings (SSSR count). The molecule has 5 heteroatoms. The maximum absolute atomic E-state index is 12.2. The molecule has 1 atom stereocenters. The smallest absolute Gasteiger partial charge is 0.214 e. The van der Waals surface area contributed by atoms with Gasteiger partial charge < -0.3 is 5.73 Å². The Hall–Kier alpha value is -0.910. The van der Waals surface area contributed by atoms with Crippen LogP contribution in [0.15, 0.2) is 30.3 Å². The van der Waals surface area contributed by atoms with Gasteiger partial charge in [-0.15, -0.1) is 0 Å². The highest BCUT2D eigenvalue weighted by Gasteiger charge is 2.42. The van der Waals surface area contributed by atoms with E-state index in [1.54, 1.807) is 0 Å². The quantitative estimate of drug-likeness (QED) is 0.891. The van der Waals surface area contributed by atoms with Crippen LogP contribution in [0.25, 0.3) is 0 Å². The van der Waals surface area contributed by atoms with Crippen LogP contribution in [-0.2, 0) is 10.0 Å². The van der Waals surface area contributed by atoms with Gasteiger partial charge in [-0.2, -0.15) is 4.31 Å². The fraction of sp³-hybridized carbons (Fsp3) is 0.538. The van der Waals surface area contributed by atoms with E-state index in [1.807, 2.05) is 44.2 Å². The van der Waals surface area contributed by atoms with Crippen molar-refractivity contribution in [2.75, 3.05) is 18.8 Å². The van der Waals surface area contributed by atoms with Crippen molar-refractivity contribution in [2.45, 2.75) is 25.3 Å². The molecule has 0 bridgehead atoms.